The van der Waals surface area contributed by atoms with E-state index >= 15 is 0 Å². The van der Waals surface area contributed by atoms with Crippen LogP contribution in [0.3, 0.4) is 0 Å². The Bertz CT molecular complexity index is 1550. The van der Waals surface area contributed by atoms with Crippen molar-refractivity contribution in [3.63, 3.8) is 0 Å². The first kappa shape index (κ1) is 29.4. The molecule has 0 aromatic heterocycles. The molecule has 0 spiro atoms. The van der Waals surface area contributed by atoms with Gasteiger partial charge in [0.15, 0.2) is 0 Å². The lowest BCUT2D eigenvalue weighted by molar-refractivity contribution is 0.381. The van der Waals surface area contributed by atoms with Crippen LogP contribution < -0.4 is 0 Å². The molecule has 0 bridgehead atoms. The summed E-state index contributed by atoms with van der Waals surface area (Å²) in [6, 6.07) is 37.2. The fraction of sp³-hybridized carbons (Fsp3) is 0.150. The average Bonchev–Trinajstić information content (AvgIpc) is 3.02. The number of aryl methyl sites for hydroxylation is 1. The fourth-order valence-corrected chi connectivity index (χ4v) is 4.88. The van der Waals surface area contributed by atoms with Gasteiger partial charge in [-0.15, -0.1) is 0 Å². The fourth-order valence-electron chi connectivity index (χ4n) is 4.88. The van der Waals surface area contributed by atoms with E-state index in [1.54, 1.807) is 0 Å². The van der Waals surface area contributed by atoms with E-state index in [0.717, 1.165) is 22.4 Å². The standard InChI is InChI=1S/C40H41N/c1-7-9-14-33(13-8-2)31(4)29-40(39-27-25-37(26-28-39)35-15-11-10-12-16-35)41(6)32(5)34-21-23-38(24-22-34)36-19-17-30(3)18-20-36/h7-29,32H,4H2,1-3,5-6H3/b9-7-,13-8+,33-14+,40-29-. The zero-order valence-corrected chi connectivity index (χ0v) is 25.0. The van der Waals surface area contributed by atoms with Crippen molar-refractivity contribution in [2.45, 2.75) is 33.7 Å². The average molecular weight is 536 g/mol. The number of benzene rings is 4. The molecule has 0 aliphatic carbocycles. The largest absolute Gasteiger partial charge is 0.367 e. The molecule has 0 fully saturated rings. The van der Waals surface area contributed by atoms with E-state index in [9.17, 15) is 0 Å². The van der Waals surface area contributed by atoms with Crippen LogP contribution in [0.25, 0.3) is 28.0 Å². The Morgan fingerprint density at radius 3 is 1.80 bits per heavy atom. The zero-order chi connectivity index (χ0) is 29.2. The third-order valence-corrected chi connectivity index (χ3v) is 7.52. The predicted molar refractivity (Wildman–Crippen MR) is 179 cm³/mol. The summed E-state index contributed by atoms with van der Waals surface area (Å²) in [5, 5.41) is 0. The highest BCUT2D eigenvalue weighted by molar-refractivity contribution is 5.73. The minimum atomic E-state index is 0.152. The summed E-state index contributed by atoms with van der Waals surface area (Å²) in [5.74, 6) is 0. The molecule has 4 aromatic carbocycles. The molecule has 0 heterocycles. The quantitative estimate of drug-likeness (QED) is 0.183. The molecule has 4 rings (SSSR count). The Kier molecular flexibility index (Phi) is 10.1. The normalized spacial score (nSPS) is 13.1. The Labute approximate surface area is 247 Å². The van der Waals surface area contributed by atoms with Gasteiger partial charge < -0.3 is 4.90 Å². The van der Waals surface area contributed by atoms with Crippen molar-refractivity contribution in [1.29, 1.82) is 0 Å². The van der Waals surface area contributed by atoms with Gasteiger partial charge in [-0.25, -0.2) is 0 Å². The third-order valence-electron chi connectivity index (χ3n) is 7.52. The monoisotopic (exact) mass is 535 g/mol. The molecule has 41 heavy (non-hydrogen) atoms. The van der Waals surface area contributed by atoms with Crippen LogP contribution in [0.5, 0.6) is 0 Å². The second-order valence-corrected chi connectivity index (χ2v) is 10.4. The van der Waals surface area contributed by atoms with Crippen molar-refractivity contribution in [3.8, 4) is 22.3 Å². The molecule has 1 atom stereocenters. The van der Waals surface area contributed by atoms with E-state index in [4.69, 9.17) is 0 Å². The van der Waals surface area contributed by atoms with E-state index < -0.39 is 0 Å². The predicted octanol–water partition coefficient (Wildman–Crippen LogP) is 11.0. The highest BCUT2D eigenvalue weighted by atomic mass is 15.1. The first-order valence-corrected chi connectivity index (χ1v) is 14.3. The van der Waals surface area contributed by atoms with E-state index in [-0.39, 0.29) is 6.04 Å². The van der Waals surface area contributed by atoms with Crippen LogP contribution in [-0.4, -0.2) is 11.9 Å². The second kappa shape index (κ2) is 14.1. The van der Waals surface area contributed by atoms with E-state index in [0.29, 0.717) is 0 Å². The first-order valence-electron chi connectivity index (χ1n) is 14.3. The summed E-state index contributed by atoms with van der Waals surface area (Å²) < 4.78 is 0. The Balaban J connectivity index is 1.69. The summed E-state index contributed by atoms with van der Waals surface area (Å²) in [6.07, 6.45) is 12.6. The summed E-state index contributed by atoms with van der Waals surface area (Å²) in [6.45, 7) is 12.9. The molecule has 0 aliphatic heterocycles. The molecule has 0 radical (unpaired) electrons. The molecule has 1 heteroatoms. The molecule has 0 amide bonds. The molecule has 206 valence electrons. The molecule has 0 N–H and O–H groups in total. The van der Waals surface area contributed by atoms with Gasteiger partial charge in [-0.2, -0.15) is 0 Å². The Morgan fingerprint density at radius 2 is 1.24 bits per heavy atom. The highest BCUT2D eigenvalue weighted by Gasteiger charge is 2.17. The van der Waals surface area contributed by atoms with Crippen LogP contribution in [0.2, 0.25) is 0 Å². The van der Waals surface area contributed by atoms with Crippen molar-refractivity contribution in [2.24, 2.45) is 0 Å². The molecular formula is C40H41N. The zero-order valence-electron chi connectivity index (χ0n) is 25.0. The number of rotatable bonds is 10. The Morgan fingerprint density at radius 1 is 0.707 bits per heavy atom. The minimum Gasteiger partial charge on any atom is -0.367 e. The van der Waals surface area contributed by atoms with Crippen molar-refractivity contribution in [1.82, 2.24) is 4.90 Å². The van der Waals surface area contributed by atoms with Gasteiger partial charge in [0.1, 0.15) is 0 Å². The molecule has 1 nitrogen and oxygen atoms in total. The lowest BCUT2D eigenvalue weighted by Crippen LogP contribution is -2.21. The molecule has 0 saturated carbocycles. The van der Waals surface area contributed by atoms with Crippen LogP contribution in [0.15, 0.2) is 157 Å². The lowest BCUT2D eigenvalue weighted by Gasteiger charge is -2.31. The summed E-state index contributed by atoms with van der Waals surface area (Å²) in [4.78, 5) is 2.35. The second-order valence-electron chi connectivity index (χ2n) is 10.4. The summed E-state index contributed by atoms with van der Waals surface area (Å²) in [7, 11) is 2.17. The topological polar surface area (TPSA) is 3.24 Å². The maximum Gasteiger partial charge on any atom is 0.0511 e. The van der Waals surface area contributed by atoms with E-state index in [1.165, 1.54) is 33.4 Å². The van der Waals surface area contributed by atoms with E-state index in [2.05, 4.69) is 166 Å². The number of hydrogen-bond donors (Lipinski definition) is 0. The SMILES string of the molecule is C=C(/C=C(/c1ccc(-c2ccccc2)cc1)N(C)C(C)c1ccc(-c2ccc(C)cc2)cc1)C(/C=C/C)=C/C=C\C. The van der Waals surface area contributed by atoms with Gasteiger partial charge in [0.05, 0.1) is 6.04 Å². The summed E-state index contributed by atoms with van der Waals surface area (Å²) in [5.41, 5.74) is 11.8. The highest BCUT2D eigenvalue weighted by Crippen LogP contribution is 2.32. The lowest BCUT2D eigenvalue weighted by atomic mass is 9.97. The van der Waals surface area contributed by atoms with Gasteiger partial charge in [-0.05, 0) is 78.3 Å². The van der Waals surface area contributed by atoms with Gasteiger partial charge >= 0.3 is 0 Å². The molecule has 0 aliphatic rings. The summed E-state index contributed by atoms with van der Waals surface area (Å²) >= 11 is 0. The maximum absolute atomic E-state index is 4.47. The molecule has 1 unspecified atom stereocenters. The van der Waals surface area contributed by atoms with Crippen molar-refractivity contribution in [3.05, 3.63) is 174 Å². The first-order chi connectivity index (χ1) is 19.9. The van der Waals surface area contributed by atoms with Crippen LogP contribution in [0.4, 0.5) is 0 Å². The maximum atomic E-state index is 4.47. The van der Waals surface area contributed by atoms with Gasteiger partial charge in [0, 0.05) is 12.7 Å². The molecular weight excluding hydrogens is 494 g/mol. The van der Waals surface area contributed by atoms with Crippen LogP contribution in [-0.2, 0) is 0 Å². The Hall–Kier alpha value is -4.62. The molecule has 4 aromatic rings. The van der Waals surface area contributed by atoms with E-state index in [1.807, 2.05) is 19.9 Å². The van der Waals surface area contributed by atoms with Crippen LogP contribution in [0, 0.1) is 6.92 Å². The number of allylic oxidation sites excluding steroid dienone is 8. The minimum absolute atomic E-state index is 0.152. The third kappa shape index (κ3) is 7.52. The van der Waals surface area contributed by atoms with Crippen molar-refractivity contribution >= 4 is 5.70 Å². The van der Waals surface area contributed by atoms with Crippen molar-refractivity contribution < 1.29 is 0 Å². The molecule has 0 saturated heterocycles. The van der Waals surface area contributed by atoms with Gasteiger partial charge in [-0.3, -0.25) is 0 Å². The number of nitrogens with zero attached hydrogens (tertiary/aromatic N) is 1. The van der Waals surface area contributed by atoms with Crippen LogP contribution >= 0.6 is 0 Å². The van der Waals surface area contributed by atoms with Gasteiger partial charge in [0.25, 0.3) is 0 Å². The van der Waals surface area contributed by atoms with Gasteiger partial charge in [0.2, 0.25) is 0 Å². The number of hydrogen-bond acceptors (Lipinski definition) is 1. The van der Waals surface area contributed by atoms with Crippen molar-refractivity contribution in [2.75, 3.05) is 7.05 Å². The van der Waals surface area contributed by atoms with Gasteiger partial charge in [-0.1, -0.05) is 146 Å². The smallest absolute Gasteiger partial charge is 0.0511 e. The van der Waals surface area contributed by atoms with Crippen LogP contribution in [0.1, 0.15) is 43.5 Å².